The SMILES string of the molecule is CCN(C(=O)c1cc(Cl)cc(Cl)c1)[C@H]1CC(=O)NC1=O. The Morgan fingerprint density at radius 1 is 1.30 bits per heavy atom. The van der Waals surface area contributed by atoms with Gasteiger partial charge in [0.05, 0.1) is 6.42 Å². The molecule has 1 fully saturated rings. The zero-order chi connectivity index (χ0) is 14.9. The highest BCUT2D eigenvalue weighted by atomic mass is 35.5. The molecule has 3 amide bonds. The number of hydrogen-bond donors (Lipinski definition) is 1. The molecular formula is C13H12Cl2N2O3. The van der Waals surface area contributed by atoms with Gasteiger partial charge in [-0.25, -0.2) is 0 Å². The van der Waals surface area contributed by atoms with E-state index in [1.165, 1.54) is 23.1 Å². The highest BCUT2D eigenvalue weighted by Gasteiger charge is 2.37. The molecule has 1 aromatic rings. The number of carbonyl (C=O) groups excluding carboxylic acids is 3. The van der Waals surface area contributed by atoms with Crippen LogP contribution in [0.5, 0.6) is 0 Å². The number of likely N-dealkylation sites (N-methyl/N-ethyl adjacent to an activating group) is 1. The molecule has 0 bridgehead atoms. The molecular weight excluding hydrogens is 303 g/mol. The number of rotatable bonds is 3. The highest BCUT2D eigenvalue weighted by Crippen LogP contribution is 2.22. The van der Waals surface area contributed by atoms with Crippen LogP contribution >= 0.6 is 23.2 Å². The molecule has 1 aliphatic heterocycles. The molecule has 1 aliphatic rings. The average molecular weight is 315 g/mol. The molecule has 1 aromatic carbocycles. The zero-order valence-electron chi connectivity index (χ0n) is 10.7. The van der Waals surface area contributed by atoms with Gasteiger partial charge in [0, 0.05) is 22.2 Å². The predicted molar refractivity (Wildman–Crippen MR) is 74.7 cm³/mol. The van der Waals surface area contributed by atoms with E-state index in [2.05, 4.69) is 5.32 Å². The summed E-state index contributed by atoms with van der Waals surface area (Å²) in [6.45, 7) is 2.04. The van der Waals surface area contributed by atoms with Gasteiger partial charge in [-0.3, -0.25) is 19.7 Å². The van der Waals surface area contributed by atoms with Crippen molar-refractivity contribution in [2.75, 3.05) is 6.54 Å². The molecule has 0 unspecified atom stereocenters. The van der Waals surface area contributed by atoms with Crippen molar-refractivity contribution in [3.63, 3.8) is 0 Å². The van der Waals surface area contributed by atoms with Gasteiger partial charge in [0.25, 0.3) is 5.91 Å². The van der Waals surface area contributed by atoms with Crippen LogP contribution in [0, 0.1) is 0 Å². The minimum Gasteiger partial charge on any atom is -0.326 e. The maximum Gasteiger partial charge on any atom is 0.254 e. The van der Waals surface area contributed by atoms with Crippen molar-refractivity contribution >= 4 is 40.9 Å². The van der Waals surface area contributed by atoms with Crippen molar-refractivity contribution in [1.29, 1.82) is 0 Å². The Balaban J connectivity index is 2.29. The third kappa shape index (κ3) is 2.94. The van der Waals surface area contributed by atoms with Crippen LogP contribution < -0.4 is 5.32 Å². The summed E-state index contributed by atoms with van der Waals surface area (Å²) in [6.07, 6.45) is -0.0211. The number of nitrogens with one attached hydrogen (secondary N) is 1. The smallest absolute Gasteiger partial charge is 0.254 e. The Bertz CT molecular complexity index is 569. The fourth-order valence-electron chi connectivity index (χ4n) is 2.14. The molecule has 1 atom stereocenters. The summed E-state index contributed by atoms with van der Waals surface area (Å²) >= 11 is 11.7. The Labute approximate surface area is 125 Å². The van der Waals surface area contributed by atoms with E-state index in [9.17, 15) is 14.4 Å². The van der Waals surface area contributed by atoms with Crippen molar-refractivity contribution in [3.8, 4) is 0 Å². The Kier molecular flexibility index (Phi) is 4.30. The zero-order valence-corrected chi connectivity index (χ0v) is 12.2. The Morgan fingerprint density at radius 2 is 1.90 bits per heavy atom. The van der Waals surface area contributed by atoms with Gasteiger partial charge in [-0.1, -0.05) is 23.2 Å². The highest BCUT2D eigenvalue weighted by molar-refractivity contribution is 6.35. The number of halogens is 2. The van der Waals surface area contributed by atoms with E-state index in [0.717, 1.165) is 0 Å². The fraction of sp³-hybridized carbons (Fsp3) is 0.308. The van der Waals surface area contributed by atoms with Crippen LogP contribution in [0.25, 0.3) is 0 Å². The number of carbonyl (C=O) groups is 3. The van der Waals surface area contributed by atoms with Crippen LogP contribution in [0.3, 0.4) is 0 Å². The van der Waals surface area contributed by atoms with Crippen LogP contribution in [-0.4, -0.2) is 35.2 Å². The van der Waals surface area contributed by atoms with E-state index in [1.54, 1.807) is 6.92 Å². The summed E-state index contributed by atoms with van der Waals surface area (Å²) < 4.78 is 0. The topological polar surface area (TPSA) is 66.5 Å². The maximum absolute atomic E-state index is 12.4. The minimum absolute atomic E-state index is 0.0211. The van der Waals surface area contributed by atoms with Gasteiger partial charge < -0.3 is 4.90 Å². The van der Waals surface area contributed by atoms with Crippen molar-refractivity contribution in [2.45, 2.75) is 19.4 Å². The summed E-state index contributed by atoms with van der Waals surface area (Å²) in [4.78, 5) is 36.7. The Morgan fingerprint density at radius 3 is 2.35 bits per heavy atom. The molecule has 0 saturated carbocycles. The monoisotopic (exact) mass is 314 g/mol. The van der Waals surface area contributed by atoms with E-state index < -0.39 is 11.9 Å². The number of amides is 3. The van der Waals surface area contributed by atoms with Crippen molar-refractivity contribution in [1.82, 2.24) is 10.2 Å². The molecule has 2 rings (SSSR count). The van der Waals surface area contributed by atoms with Crippen molar-refractivity contribution < 1.29 is 14.4 Å². The molecule has 0 aromatic heterocycles. The van der Waals surface area contributed by atoms with Crippen molar-refractivity contribution in [2.24, 2.45) is 0 Å². The lowest BCUT2D eigenvalue weighted by Gasteiger charge is -2.25. The first kappa shape index (κ1) is 14.8. The van der Waals surface area contributed by atoms with E-state index in [1.807, 2.05) is 0 Å². The van der Waals surface area contributed by atoms with Gasteiger partial charge in [0.15, 0.2) is 0 Å². The van der Waals surface area contributed by atoms with Crippen LogP contribution in [0.4, 0.5) is 0 Å². The molecule has 5 nitrogen and oxygen atoms in total. The average Bonchev–Trinajstić information content (AvgIpc) is 2.68. The summed E-state index contributed by atoms with van der Waals surface area (Å²) in [5.41, 5.74) is 0.288. The number of imide groups is 1. The normalized spacial score (nSPS) is 18.1. The molecule has 0 radical (unpaired) electrons. The van der Waals surface area contributed by atoms with Crippen molar-refractivity contribution in [3.05, 3.63) is 33.8 Å². The molecule has 106 valence electrons. The van der Waals surface area contributed by atoms with E-state index in [-0.39, 0.29) is 23.8 Å². The number of hydrogen-bond acceptors (Lipinski definition) is 3. The molecule has 0 aliphatic carbocycles. The first-order valence-corrected chi connectivity index (χ1v) is 6.78. The van der Waals surface area contributed by atoms with Gasteiger partial charge in [-0.05, 0) is 25.1 Å². The lowest BCUT2D eigenvalue weighted by molar-refractivity contribution is -0.126. The lowest BCUT2D eigenvalue weighted by atomic mass is 10.1. The first-order chi connectivity index (χ1) is 9.42. The number of benzene rings is 1. The van der Waals surface area contributed by atoms with Gasteiger partial charge >= 0.3 is 0 Å². The second kappa shape index (κ2) is 5.81. The molecule has 0 spiro atoms. The van der Waals surface area contributed by atoms with Crippen LogP contribution in [0.15, 0.2) is 18.2 Å². The quantitative estimate of drug-likeness (QED) is 0.866. The maximum atomic E-state index is 12.4. The van der Waals surface area contributed by atoms with Crippen LogP contribution in [-0.2, 0) is 9.59 Å². The predicted octanol–water partition coefficient (Wildman–Crippen LogP) is 1.87. The first-order valence-electron chi connectivity index (χ1n) is 6.03. The van der Waals surface area contributed by atoms with Gasteiger partial charge in [-0.15, -0.1) is 0 Å². The number of nitrogens with zero attached hydrogens (tertiary/aromatic N) is 1. The standard InChI is InChI=1S/C13H12Cl2N2O3/c1-2-17(10-6-11(18)16-12(10)19)13(20)7-3-8(14)5-9(15)4-7/h3-5,10H,2,6H2,1H3,(H,16,18,19)/t10-/m0/s1. The van der Waals surface area contributed by atoms with Crippen LogP contribution in [0.1, 0.15) is 23.7 Å². The summed E-state index contributed by atoms with van der Waals surface area (Å²) in [6, 6.07) is 3.69. The minimum atomic E-state index is -0.780. The second-order valence-corrected chi connectivity index (χ2v) is 5.25. The summed E-state index contributed by atoms with van der Waals surface area (Å²) in [5, 5.41) is 2.86. The second-order valence-electron chi connectivity index (χ2n) is 4.38. The van der Waals surface area contributed by atoms with Crippen LogP contribution in [0.2, 0.25) is 10.0 Å². The third-order valence-corrected chi connectivity index (χ3v) is 3.47. The Hall–Kier alpha value is -1.59. The molecule has 1 N–H and O–H groups in total. The van der Waals surface area contributed by atoms with Gasteiger partial charge in [0.2, 0.25) is 11.8 Å². The van der Waals surface area contributed by atoms with Gasteiger partial charge in [0.1, 0.15) is 6.04 Å². The molecule has 1 heterocycles. The largest absolute Gasteiger partial charge is 0.326 e. The molecule has 7 heteroatoms. The summed E-state index contributed by atoms with van der Waals surface area (Å²) in [7, 11) is 0. The van der Waals surface area contributed by atoms with E-state index >= 15 is 0 Å². The summed E-state index contributed by atoms with van der Waals surface area (Å²) in [5.74, 6) is -1.22. The fourth-order valence-corrected chi connectivity index (χ4v) is 2.67. The van der Waals surface area contributed by atoms with E-state index in [0.29, 0.717) is 16.6 Å². The third-order valence-electron chi connectivity index (χ3n) is 3.03. The molecule has 20 heavy (non-hydrogen) atoms. The lowest BCUT2D eigenvalue weighted by Crippen LogP contribution is -2.44. The van der Waals surface area contributed by atoms with Gasteiger partial charge in [-0.2, -0.15) is 0 Å². The molecule has 1 saturated heterocycles. The van der Waals surface area contributed by atoms with E-state index in [4.69, 9.17) is 23.2 Å².